The number of aliphatic hydroxyl groups is 1. The Kier molecular flexibility index (Phi) is 3.92. The van der Waals surface area contributed by atoms with Crippen LogP contribution in [-0.2, 0) is 18.9 Å². The number of aromatic nitrogens is 4. The van der Waals surface area contributed by atoms with E-state index in [-0.39, 0.29) is 6.61 Å². The lowest BCUT2D eigenvalue weighted by molar-refractivity contribution is 0.194. The molecule has 1 atom stereocenters. The number of aryl methyl sites for hydroxylation is 2. The summed E-state index contributed by atoms with van der Waals surface area (Å²) < 4.78 is 0. The Bertz CT molecular complexity index is 547. The number of benzene rings is 1. The minimum Gasteiger partial charge on any atom is -0.395 e. The highest BCUT2D eigenvalue weighted by Gasteiger charge is 2.32. The molecule has 1 heterocycles. The van der Waals surface area contributed by atoms with Gasteiger partial charge in [-0.3, -0.25) is 0 Å². The third-order valence-electron chi connectivity index (χ3n) is 3.37. The number of hydrogen-bond acceptors (Lipinski definition) is 5. The molecule has 1 unspecified atom stereocenters. The minimum absolute atomic E-state index is 0.0504. The smallest absolute Gasteiger partial charge is 0.175 e. The number of nitrogens with zero attached hydrogens (tertiary/aromatic N) is 4. The van der Waals surface area contributed by atoms with Gasteiger partial charge in [-0.05, 0) is 17.7 Å². The van der Waals surface area contributed by atoms with Crippen LogP contribution >= 0.6 is 0 Å². The maximum absolute atomic E-state index is 9.83. The molecule has 0 spiro atoms. The lowest BCUT2D eigenvalue weighted by Gasteiger charge is -2.30. The van der Waals surface area contributed by atoms with E-state index < -0.39 is 5.41 Å². The van der Waals surface area contributed by atoms with Gasteiger partial charge in [0.2, 0.25) is 0 Å². The summed E-state index contributed by atoms with van der Waals surface area (Å²) in [4.78, 5) is 1.41. The SMILES string of the molecule is Cc1cccc(C(CN)(CO)Cc2nnn(C)n2)c1. The van der Waals surface area contributed by atoms with E-state index in [1.165, 1.54) is 4.80 Å². The van der Waals surface area contributed by atoms with Gasteiger partial charge in [-0.15, -0.1) is 10.2 Å². The number of aliphatic hydroxyl groups excluding tert-OH is 1. The topological polar surface area (TPSA) is 89.9 Å². The molecule has 1 aromatic carbocycles. The van der Waals surface area contributed by atoms with Gasteiger partial charge in [0, 0.05) is 18.4 Å². The molecule has 102 valence electrons. The molecule has 19 heavy (non-hydrogen) atoms. The Hall–Kier alpha value is -1.79. The van der Waals surface area contributed by atoms with Gasteiger partial charge in [0.1, 0.15) is 0 Å². The van der Waals surface area contributed by atoms with Gasteiger partial charge in [0.15, 0.2) is 5.82 Å². The summed E-state index contributed by atoms with van der Waals surface area (Å²) in [7, 11) is 1.71. The number of nitrogens with two attached hydrogens (primary N) is 1. The van der Waals surface area contributed by atoms with Crippen molar-refractivity contribution in [2.24, 2.45) is 12.8 Å². The second-order valence-corrected chi connectivity index (χ2v) is 4.88. The average molecular weight is 261 g/mol. The molecule has 6 heteroatoms. The Morgan fingerprint density at radius 3 is 2.74 bits per heavy atom. The second kappa shape index (κ2) is 5.46. The van der Waals surface area contributed by atoms with Gasteiger partial charge < -0.3 is 10.8 Å². The molecular formula is C13H19N5O. The highest BCUT2D eigenvalue weighted by Crippen LogP contribution is 2.26. The minimum atomic E-state index is -0.560. The van der Waals surface area contributed by atoms with Crippen LogP contribution in [0.1, 0.15) is 17.0 Å². The third kappa shape index (κ3) is 2.80. The van der Waals surface area contributed by atoms with Crippen LogP contribution in [0.3, 0.4) is 0 Å². The zero-order valence-corrected chi connectivity index (χ0v) is 11.2. The van der Waals surface area contributed by atoms with E-state index in [9.17, 15) is 5.11 Å². The highest BCUT2D eigenvalue weighted by molar-refractivity contribution is 5.31. The number of tetrazole rings is 1. The maximum Gasteiger partial charge on any atom is 0.175 e. The predicted octanol–water partition coefficient (Wildman–Crippen LogP) is -0.0500. The first-order chi connectivity index (χ1) is 9.09. The van der Waals surface area contributed by atoms with Crippen molar-refractivity contribution in [3.8, 4) is 0 Å². The molecule has 0 aliphatic rings. The molecule has 0 bridgehead atoms. The first kappa shape index (κ1) is 13.6. The molecular weight excluding hydrogens is 242 g/mol. The van der Waals surface area contributed by atoms with Gasteiger partial charge in [-0.1, -0.05) is 29.8 Å². The van der Waals surface area contributed by atoms with E-state index in [0.717, 1.165) is 11.1 Å². The molecule has 0 aliphatic carbocycles. The summed E-state index contributed by atoms with van der Waals surface area (Å²) in [6.45, 7) is 2.29. The summed E-state index contributed by atoms with van der Waals surface area (Å²) in [5, 5.41) is 21.8. The Morgan fingerprint density at radius 2 is 2.21 bits per heavy atom. The van der Waals surface area contributed by atoms with Crippen LogP contribution in [0.2, 0.25) is 0 Å². The van der Waals surface area contributed by atoms with Crippen LogP contribution in [0.5, 0.6) is 0 Å². The van der Waals surface area contributed by atoms with E-state index in [2.05, 4.69) is 15.4 Å². The first-order valence-electron chi connectivity index (χ1n) is 6.20. The van der Waals surface area contributed by atoms with Gasteiger partial charge >= 0.3 is 0 Å². The Balaban J connectivity index is 2.37. The van der Waals surface area contributed by atoms with Crippen molar-refractivity contribution in [2.45, 2.75) is 18.8 Å². The van der Waals surface area contributed by atoms with E-state index in [0.29, 0.717) is 18.8 Å². The zero-order valence-electron chi connectivity index (χ0n) is 11.2. The lowest BCUT2D eigenvalue weighted by Crippen LogP contribution is -2.41. The molecule has 0 radical (unpaired) electrons. The summed E-state index contributed by atoms with van der Waals surface area (Å²) >= 11 is 0. The first-order valence-corrected chi connectivity index (χ1v) is 6.20. The lowest BCUT2D eigenvalue weighted by atomic mass is 9.77. The summed E-state index contributed by atoms with van der Waals surface area (Å²) in [6.07, 6.45) is 0.470. The molecule has 0 saturated carbocycles. The van der Waals surface area contributed by atoms with Gasteiger partial charge in [0.05, 0.1) is 13.7 Å². The molecule has 2 aromatic rings. The van der Waals surface area contributed by atoms with Crippen LogP contribution in [-0.4, -0.2) is 38.5 Å². The normalized spacial score (nSPS) is 14.3. The van der Waals surface area contributed by atoms with Crippen LogP contribution < -0.4 is 5.73 Å². The molecule has 0 fully saturated rings. The van der Waals surface area contributed by atoms with Gasteiger partial charge in [-0.25, -0.2) is 0 Å². The Morgan fingerprint density at radius 1 is 1.42 bits per heavy atom. The summed E-state index contributed by atoms with van der Waals surface area (Å²) in [5.41, 5.74) is 7.49. The van der Waals surface area contributed by atoms with Gasteiger partial charge in [0.25, 0.3) is 0 Å². The van der Waals surface area contributed by atoms with Gasteiger partial charge in [-0.2, -0.15) is 4.80 Å². The fourth-order valence-corrected chi connectivity index (χ4v) is 2.18. The highest BCUT2D eigenvalue weighted by atomic mass is 16.3. The third-order valence-corrected chi connectivity index (χ3v) is 3.37. The van der Waals surface area contributed by atoms with Crippen LogP contribution in [0.4, 0.5) is 0 Å². The quantitative estimate of drug-likeness (QED) is 0.787. The van der Waals surface area contributed by atoms with E-state index >= 15 is 0 Å². The fraction of sp³-hybridized carbons (Fsp3) is 0.462. The molecule has 3 N–H and O–H groups in total. The fourth-order valence-electron chi connectivity index (χ4n) is 2.18. The van der Waals surface area contributed by atoms with Crippen LogP contribution in [0, 0.1) is 6.92 Å². The van der Waals surface area contributed by atoms with Crippen molar-refractivity contribution >= 4 is 0 Å². The molecule has 0 amide bonds. The van der Waals surface area contributed by atoms with Crippen LogP contribution in [0.25, 0.3) is 0 Å². The largest absolute Gasteiger partial charge is 0.395 e. The molecule has 0 aliphatic heterocycles. The predicted molar refractivity (Wildman–Crippen MR) is 71.5 cm³/mol. The molecule has 0 saturated heterocycles. The second-order valence-electron chi connectivity index (χ2n) is 4.88. The summed E-state index contributed by atoms with van der Waals surface area (Å²) in [6, 6.07) is 8.00. The average Bonchev–Trinajstić information content (AvgIpc) is 2.81. The van der Waals surface area contributed by atoms with Crippen molar-refractivity contribution in [3.63, 3.8) is 0 Å². The van der Waals surface area contributed by atoms with Crippen molar-refractivity contribution < 1.29 is 5.11 Å². The standard InChI is InChI=1S/C13H19N5O/c1-10-4-3-5-11(6-10)13(8-14,9-19)7-12-15-17-18(2)16-12/h3-6,19H,7-9,14H2,1-2H3. The van der Waals surface area contributed by atoms with E-state index in [4.69, 9.17) is 5.73 Å². The molecule has 2 rings (SSSR count). The molecule has 6 nitrogen and oxygen atoms in total. The van der Waals surface area contributed by atoms with E-state index in [1.807, 2.05) is 31.2 Å². The van der Waals surface area contributed by atoms with Crippen molar-refractivity contribution in [1.82, 2.24) is 20.2 Å². The molecule has 1 aromatic heterocycles. The van der Waals surface area contributed by atoms with Crippen LogP contribution in [0.15, 0.2) is 24.3 Å². The number of rotatable bonds is 5. The summed E-state index contributed by atoms with van der Waals surface area (Å²) in [5.74, 6) is 0.587. The zero-order chi connectivity index (χ0) is 13.9. The monoisotopic (exact) mass is 261 g/mol. The Labute approximate surface area is 112 Å². The van der Waals surface area contributed by atoms with Crippen molar-refractivity contribution in [2.75, 3.05) is 13.2 Å². The maximum atomic E-state index is 9.83. The van der Waals surface area contributed by atoms with Crippen molar-refractivity contribution in [3.05, 3.63) is 41.2 Å². The van der Waals surface area contributed by atoms with E-state index in [1.54, 1.807) is 7.05 Å². The number of hydrogen-bond donors (Lipinski definition) is 2. The van der Waals surface area contributed by atoms with Crippen molar-refractivity contribution in [1.29, 1.82) is 0 Å².